The highest BCUT2D eigenvalue weighted by Gasteiger charge is 2.21. The number of amides is 2. The van der Waals surface area contributed by atoms with Gasteiger partial charge >= 0.3 is 5.97 Å². The fourth-order valence-electron chi connectivity index (χ4n) is 4.36. The average molecular weight is 448 g/mol. The van der Waals surface area contributed by atoms with Gasteiger partial charge in [0, 0.05) is 22.3 Å². The molecular weight excluding hydrogens is 418 g/mol. The molecule has 0 radical (unpaired) electrons. The molecule has 1 unspecified atom stereocenters. The first-order chi connectivity index (χ1) is 15.8. The third-order valence-corrected chi connectivity index (χ3v) is 6.20. The van der Waals surface area contributed by atoms with Crippen LogP contribution in [0.25, 0.3) is 10.9 Å². The van der Waals surface area contributed by atoms with Crippen molar-refractivity contribution < 1.29 is 19.1 Å². The fourth-order valence-corrected chi connectivity index (χ4v) is 4.36. The van der Waals surface area contributed by atoms with Gasteiger partial charge in [-0.2, -0.15) is 0 Å². The summed E-state index contributed by atoms with van der Waals surface area (Å²) in [6.07, 6.45) is 3.16. The molecule has 4 rings (SSSR count). The molecule has 0 bridgehead atoms. The quantitative estimate of drug-likeness (QED) is 0.500. The van der Waals surface area contributed by atoms with Crippen LogP contribution in [0.5, 0.6) is 0 Å². The van der Waals surface area contributed by atoms with Crippen LogP contribution in [-0.2, 0) is 27.2 Å². The number of benzene rings is 2. The van der Waals surface area contributed by atoms with E-state index >= 15 is 0 Å². The Balaban J connectivity index is 1.30. The van der Waals surface area contributed by atoms with Gasteiger partial charge in [-0.15, -0.1) is 0 Å². The molecule has 3 aromatic rings. The molecule has 0 fully saturated rings. The van der Waals surface area contributed by atoms with Crippen molar-refractivity contribution in [3.05, 3.63) is 64.3 Å². The Morgan fingerprint density at radius 2 is 1.85 bits per heavy atom. The number of aromatic amines is 1. The van der Waals surface area contributed by atoms with Crippen molar-refractivity contribution in [3.63, 3.8) is 0 Å². The maximum absolute atomic E-state index is 12.5. The number of ether oxygens (including phenoxy) is 1. The summed E-state index contributed by atoms with van der Waals surface area (Å²) in [5, 5.41) is 6.33. The molecule has 0 saturated heterocycles. The summed E-state index contributed by atoms with van der Waals surface area (Å²) >= 11 is 0. The van der Waals surface area contributed by atoms with Crippen molar-refractivity contribution in [1.82, 2.24) is 10.3 Å². The molecule has 3 N–H and O–H groups in total. The molecular formula is C26H29N3O4. The van der Waals surface area contributed by atoms with Crippen molar-refractivity contribution in [2.75, 3.05) is 18.5 Å². The topological polar surface area (TPSA) is 100 Å². The normalized spacial score (nSPS) is 15.1. The number of hydrogen-bond acceptors (Lipinski definition) is 4. The Morgan fingerprint density at radius 3 is 2.61 bits per heavy atom. The number of anilines is 1. The largest absolute Gasteiger partial charge is 0.452 e. The summed E-state index contributed by atoms with van der Waals surface area (Å²) < 4.78 is 5.18. The number of esters is 1. The number of aromatic nitrogens is 1. The monoisotopic (exact) mass is 447 g/mol. The van der Waals surface area contributed by atoms with Crippen molar-refractivity contribution in [2.45, 2.75) is 40.0 Å². The van der Waals surface area contributed by atoms with Crippen LogP contribution in [0, 0.1) is 19.8 Å². The van der Waals surface area contributed by atoms with E-state index in [0.717, 1.165) is 47.0 Å². The summed E-state index contributed by atoms with van der Waals surface area (Å²) in [5.41, 5.74) is 6.55. The van der Waals surface area contributed by atoms with Gasteiger partial charge in [-0.1, -0.05) is 25.1 Å². The van der Waals surface area contributed by atoms with Crippen LogP contribution < -0.4 is 10.6 Å². The van der Waals surface area contributed by atoms with Gasteiger partial charge in [-0.25, -0.2) is 4.79 Å². The summed E-state index contributed by atoms with van der Waals surface area (Å²) in [6, 6.07) is 11.1. The highest BCUT2D eigenvalue weighted by molar-refractivity contribution is 5.98. The van der Waals surface area contributed by atoms with Gasteiger partial charge in [0.15, 0.2) is 6.61 Å². The molecule has 1 aliphatic carbocycles. The highest BCUT2D eigenvalue weighted by Crippen LogP contribution is 2.32. The maximum Gasteiger partial charge on any atom is 0.338 e. The van der Waals surface area contributed by atoms with Crippen LogP contribution in [0.1, 0.15) is 46.1 Å². The molecule has 0 aliphatic heterocycles. The van der Waals surface area contributed by atoms with Crippen LogP contribution in [0.15, 0.2) is 36.4 Å². The smallest absolute Gasteiger partial charge is 0.338 e. The molecule has 1 aliphatic rings. The van der Waals surface area contributed by atoms with Gasteiger partial charge in [0.2, 0.25) is 5.91 Å². The Hall–Kier alpha value is -3.61. The predicted molar refractivity (Wildman–Crippen MR) is 127 cm³/mol. The lowest BCUT2D eigenvalue weighted by atomic mass is 9.87. The van der Waals surface area contributed by atoms with E-state index in [1.165, 1.54) is 11.3 Å². The number of nitrogens with one attached hydrogen (secondary N) is 3. The molecule has 7 heteroatoms. The fraction of sp³-hybridized carbons (Fsp3) is 0.346. The maximum atomic E-state index is 12.5. The van der Waals surface area contributed by atoms with Gasteiger partial charge in [-0.3, -0.25) is 9.59 Å². The molecule has 1 heterocycles. The second-order valence-corrected chi connectivity index (χ2v) is 8.86. The zero-order chi connectivity index (χ0) is 23.5. The third-order valence-electron chi connectivity index (χ3n) is 6.20. The zero-order valence-electron chi connectivity index (χ0n) is 19.2. The van der Waals surface area contributed by atoms with Gasteiger partial charge in [0.05, 0.1) is 12.1 Å². The number of carbonyl (C=O) groups is 3. The number of H-pyrrole nitrogens is 1. The number of para-hydroxylation sites is 1. The average Bonchev–Trinajstić information content (AvgIpc) is 3.15. The molecule has 2 aromatic carbocycles. The first kappa shape index (κ1) is 22.6. The van der Waals surface area contributed by atoms with Crippen LogP contribution in [0.4, 0.5) is 5.69 Å². The number of hydrogen-bond donors (Lipinski definition) is 3. The molecule has 2 amide bonds. The minimum absolute atomic E-state index is 0.205. The van der Waals surface area contributed by atoms with E-state index in [0.29, 0.717) is 11.5 Å². The van der Waals surface area contributed by atoms with E-state index in [9.17, 15) is 14.4 Å². The number of rotatable bonds is 6. The van der Waals surface area contributed by atoms with Gasteiger partial charge in [-0.05, 0) is 73.9 Å². The van der Waals surface area contributed by atoms with Gasteiger partial charge in [0.25, 0.3) is 5.91 Å². The molecule has 1 aromatic heterocycles. The van der Waals surface area contributed by atoms with Crippen LogP contribution in [0.2, 0.25) is 0 Å². The van der Waals surface area contributed by atoms with Gasteiger partial charge < -0.3 is 20.4 Å². The van der Waals surface area contributed by atoms with Gasteiger partial charge in [0.1, 0.15) is 0 Å². The standard InChI is InChI=1S/C26H29N3O4/c1-15-7-9-21-19(11-15)20-12-18(8-10-22(20)28-21)26(32)33-14-24(31)27-13-23(30)29-25-16(2)5-4-6-17(25)3/h4-6,8,10,12,15,28H,7,9,11,13-14H2,1-3H3,(H,27,31)(H,29,30). The predicted octanol–water partition coefficient (Wildman–Crippen LogP) is 3.82. The van der Waals surface area contributed by atoms with Crippen molar-refractivity contribution in [1.29, 1.82) is 0 Å². The van der Waals surface area contributed by atoms with E-state index in [-0.39, 0.29) is 12.5 Å². The second kappa shape index (κ2) is 9.48. The van der Waals surface area contributed by atoms with E-state index in [1.807, 2.05) is 44.2 Å². The van der Waals surface area contributed by atoms with Crippen molar-refractivity contribution >= 4 is 34.4 Å². The Morgan fingerprint density at radius 1 is 1.09 bits per heavy atom. The highest BCUT2D eigenvalue weighted by atomic mass is 16.5. The third kappa shape index (κ3) is 5.08. The summed E-state index contributed by atoms with van der Waals surface area (Å²) in [5.74, 6) is -0.827. The number of fused-ring (bicyclic) bond motifs is 3. The molecule has 1 atom stereocenters. The lowest BCUT2D eigenvalue weighted by molar-refractivity contribution is -0.126. The van der Waals surface area contributed by atoms with Crippen LogP contribution in [0.3, 0.4) is 0 Å². The van der Waals surface area contributed by atoms with E-state index in [1.54, 1.807) is 6.07 Å². The Labute approximate surface area is 192 Å². The number of carbonyl (C=O) groups excluding carboxylic acids is 3. The summed E-state index contributed by atoms with van der Waals surface area (Å²) in [7, 11) is 0. The first-order valence-electron chi connectivity index (χ1n) is 11.2. The van der Waals surface area contributed by atoms with Crippen molar-refractivity contribution in [3.8, 4) is 0 Å². The zero-order valence-corrected chi connectivity index (χ0v) is 19.2. The van der Waals surface area contributed by atoms with Crippen LogP contribution in [-0.4, -0.2) is 35.9 Å². The summed E-state index contributed by atoms with van der Waals surface area (Å²) in [6.45, 7) is 5.39. The molecule has 172 valence electrons. The minimum atomic E-state index is -0.564. The summed E-state index contributed by atoms with van der Waals surface area (Å²) in [4.78, 5) is 40.2. The van der Waals surface area contributed by atoms with E-state index in [2.05, 4.69) is 22.5 Å². The molecule has 33 heavy (non-hydrogen) atoms. The second-order valence-electron chi connectivity index (χ2n) is 8.86. The van der Waals surface area contributed by atoms with Crippen molar-refractivity contribution in [2.24, 2.45) is 5.92 Å². The SMILES string of the molecule is Cc1cccc(C)c1NC(=O)CNC(=O)COC(=O)c1ccc2[nH]c3c(c2c1)CC(C)CC3. The number of aryl methyl sites for hydroxylation is 3. The lowest BCUT2D eigenvalue weighted by Gasteiger charge is -2.18. The lowest BCUT2D eigenvalue weighted by Crippen LogP contribution is -2.35. The van der Waals surface area contributed by atoms with E-state index in [4.69, 9.17) is 4.74 Å². The molecule has 7 nitrogen and oxygen atoms in total. The minimum Gasteiger partial charge on any atom is -0.452 e. The first-order valence-corrected chi connectivity index (χ1v) is 11.2. The van der Waals surface area contributed by atoms with Crippen LogP contribution >= 0.6 is 0 Å². The molecule has 0 saturated carbocycles. The Kier molecular flexibility index (Phi) is 6.49. The molecule has 0 spiro atoms. The van der Waals surface area contributed by atoms with E-state index < -0.39 is 18.5 Å². The Bertz CT molecular complexity index is 1210.